The first-order valence-electron chi connectivity index (χ1n) is 5.53. The van der Waals surface area contributed by atoms with Crippen molar-refractivity contribution in [2.75, 3.05) is 13.1 Å². The fourth-order valence-corrected chi connectivity index (χ4v) is 2.10. The highest BCUT2D eigenvalue weighted by Gasteiger charge is 2.36. The van der Waals surface area contributed by atoms with Gasteiger partial charge in [-0.15, -0.1) is 0 Å². The van der Waals surface area contributed by atoms with Crippen LogP contribution in [0.15, 0.2) is 0 Å². The van der Waals surface area contributed by atoms with Crippen molar-refractivity contribution in [3.8, 4) is 0 Å². The zero-order valence-electron chi connectivity index (χ0n) is 9.99. The average Bonchev–Trinajstić information content (AvgIpc) is 2.24. The maximum absolute atomic E-state index is 11.7. The van der Waals surface area contributed by atoms with Crippen molar-refractivity contribution < 1.29 is 9.59 Å². The second-order valence-corrected chi connectivity index (χ2v) is 4.40. The van der Waals surface area contributed by atoms with Gasteiger partial charge in [0.25, 0.3) is 5.91 Å². The van der Waals surface area contributed by atoms with E-state index in [0.29, 0.717) is 13.1 Å². The average molecular weight is 228 g/mol. The molecule has 4 N–H and O–H groups in total. The van der Waals surface area contributed by atoms with Crippen molar-refractivity contribution in [2.45, 2.75) is 32.9 Å². The molecule has 0 saturated carbocycles. The highest BCUT2D eigenvalue weighted by Crippen LogP contribution is 2.16. The minimum absolute atomic E-state index is 0.0401. The molecule has 16 heavy (non-hydrogen) atoms. The lowest BCUT2D eigenvalue weighted by molar-refractivity contribution is -0.136. The van der Waals surface area contributed by atoms with Crippen LogP contribution in [0, 0.1) is 5.92 Å². The van der Waals surface area contributed by atoms with Gasteiger partial charge in [0, 0.05) is 13.1 Å². The highest BCUT2D eigenvalue weighted by atomic mass is 16.2. The second-order valence-electron chi connectivity index (χ2n) is 4.40. The summed E-state index contributed by atoms with van der Waals surface area (Å²) < 4.78 is 0. The molecule has 2 atom stereocenters. The van der Waals surface area contributed by atoms with Crippen molar-refractivity contribution in [2.24, 2.45) is 11.8 Å². The Morgan fingerprint density at radius 3 is 2.75 bits per heavy atom. The summed E-state index contributed by atoms with van der Waals surface area (Å²) in [7, 11) is 0. The SMILES string of the molecule is CC(C)C(C(=O)NN)N1CCNC(=O)C1C. The zero-order chi connectivity index (χ0) is 12.3. The number of carbonyl (C=O) groups is 2. The van der Waals surface area contributed by atoms with Crippen LogP contribution in [0.25, 0.3) is 0 Å². The summed E-state index contributed by atoms with van der Waals surface area (Å²) in [6.45, 7) is 6.93. The highest BCUT2D eigenvalue weighted by molar-refractivity contribution is 5.85. The topological polar surface area (TPSA) is 87.5 Å². The number of carbonyl (C=O) groups excluding carboxylic acids is 2. The van der Waals surface area contributed by atoms with Crippen molar-refractivity contribution in [1.82, 2.24) is 15.6 Å². The van der Waals surface area contributed by atoms with Gasteiger partial charge in [0.1, 0.15) is 0 Å². The van der Waals surface area contributed by atoms with E-state index in [-0.39, 0.29) is 29.8 Å². The van der Waals surface area contributed by atoms with Crippen LogP contribution in [0.2, 0.25) is 0 Å². The lowest BCUT2D eigenvalue weighted by atomic mass is 9.99. The molecule has 0 aromatic heterocycles. The quantitative estimate of drug-likeness (QED) is 0.322. The smallest absolute Gasteiger partial charge is 0.251 e. The lowest BCUT2D eigenvalue weighted by Crippen LogP contribution is -2.62. The van der Waals surface area contributed by atoms with Gasteiger partial charge in [-0.05, 0) is 12.8 Å². The standard InChI is InChI=1S/C10H20N4O2/c1-6(2)8(10(16)13-11)14-5-4-12-9(15)7(14)3/h6-8H,4-5,11H2,1-3H3,(H,12,15)(H,13,16). The normalized spacial score (nSPS) is 24.1. The molecule has 0 aliphatic carbocycles. The largest absolute Gasteiger partial charge is 0.353 e. The fraction of sp³-hybridized carbons (Fsp3) is 0.800. The first-order chi connectivity index (χ1) is 7.49. The predicted molar refractivity (Wildman–Crippen MR) is 60.1 cm³/mol. The number of hydrogen-bond acceptors (Lipinski definition) is 4. The molecule has 0 bridgehead atoms. The fourth-order valence-electron chi connectivity index (χ4n) is 2.10. The van der Waals surface area contributed by atoms with Gasteiger partial charge >= 0.3 is 0 Å². The Morgan fingerprint density at radius 1 is 1.62 bits per heavy atom. The Balaban J connectivity index is 2.85. The van der Waals surface area contributed by atoms with Crippen LogP contribution in [0.4, 0.5) is 0 Å². The molecular formula is C10H20N4O2. The number of hydrogen-bond donors (Lipinski definition) is 3. The van der Waals surface area contributed by atoms with E-state index in [1.807, 2.05) is 18.7 Å². The zero-order valence-corrected chi connectivity index (χ0v) is 9.99. The van der Waals surface area contributed by atoms with Gasteiger partial charge in [-0.1, -0.05) is 13.8 Å². The molecule has 1 heterocycles. The van der Waals surface area contributed by atoms with Crippen LogP contribution in [-0.4, -0.2) is 41.9 Å². The van der Waals surface area contributed by atoms with Crippen molar-refractivity contribution in [3.05, 3.63) is 0 Å². The van der Waals surface area contributed by atoms with Gasteiger partial charge in [0.05, 0.1) is 12.1 Å². The molecule has 2 amide bonds. The lowest BCUT2D eigenvalue weighted by Gasteiger charge is -2.39. The van der Waals surface area contributed by atoms with Crippen molar-refractivity contribution in [1.29, 1.82) is 0 Å². The van der Waals surface area contributed by atoms with E-state index in [1.165, 1.54) is 0 Å². The number of nitrogens with two attached hydrogens (primary N) is 1. The maximum Gasteiger partial charge on any atom is 0.251 e. The number of hydrazine groups is 1. The molecule has 6 nitrogen and oxygen atoms in total. The van der Waals surface area contributed by atoms with Gasteiger partial charge in [-0.25, -0.2) is 5.84 Å². The minimum Gasteiger partial charge on any atom is -0.353 e. The molecule has 1 saturated heterocycles. The van der Waals surface area contributed by atoms with Crippen LogP contribution < -0.4 is 16.6 Å². The third kappa shape index (κ3) is 2.51. The van der Waals surface area contributed by atoms with E-state index < -0.39 is 0 Å². The molecule has 6 heteroatoms. The van der Waals surface area contributed by atoms with E-state index in [2.05, 4.69) is 10.7 Å². The summed E-state index contributed by atoms with van der Waals surface area (Å²) in [6, 6.07) is -0.649. The Bertz CT molecular complexity index is 280. The Labute approximate surface area is 95.5 Å². The molecular weight excluding hydrogens is 208 g/mol. The van der Waals surface area contributed by atoms with Crippen LogP contribution in [-0.2, 0) is 9.59 Å². The van der Waals surface area contributed by atoms with E-state index in [9.17, 15) is 9.59 Å². The molecule has 0 spiro atoms. The van der Waals surface area contributed by atoms with Crippen LogP contribution >= 0.6 is 0 Å². The van der Waals surface area contributed by atoms with Crippen LogP contribution in [0.5, 0.6) is 0 Å². The minimum atomic E-state index is -0.356. The number of rotatable bonds is 3. The summed E-state index contributed by atoms with van der Waals surface area (Å²) in [6.07, 6.45) is 0. The summed E-state index contributed by atoms with van der Waals surface area (Å²) in [5.41, 5.74) is 2.17. The Morgan fingerprint density at radius 2 is 2.25 bits per heavy atom. The van der Waals surface area contributed by atoms with Gasteiger partial charge in [-0.2, -0.15) is 0 Å². The molecule has 0 aromatic carbocycles. The number of amides is 2. The molecule has 0 radical (unpaired) electrons. The molecule has 0 aromatic rings. The number of piperazine rings is 1. The van der Waals surface area contributed by atoms with Crippen molar-refractivity contribution >= 4 is 11.8 Å². The molecule has 1 rings (SSSR count). The molecule has 1 aliphatic rings. The summed E-state index contributed by atoms with van der Waals surface area (Å²) in [4.78, 5) is 25.1. The van der Waals surface area contributed by atoms with Gasteiger partial charge in [0.2, 0.25) is 5.91 Å². The predicted octanol–water partition coefficient (Wildman–Crippen LogP) is -1.18. The number of nitrogens with one attached hydrogen (secondary N) is 2. The molecule has 1 fully saturated rings. The Hall–Kier alpha value is -1.14. The third-order valence-corrected chi connectivity index (χ3v) is 2.95. The first kappa shape index (κ1) is 12.9. The van der Waals surface area contributed by atoms with E-state index in [0.717, 1.165) is 0 Å². The molecule has 92 valence electrons. The summed E-state index contributed by atoms with van der Waals surface area (Å²) in [5, 5.41) is 2.77. The van der Waals surface area contributed by atoms with Crippen LogP contribution in [0.3, 0.4) is 0 Å². The first-order valence-corrected chi connectivity index (χ1v) is 5.53. The number of nitrogens with zero attached hydrogens (tertiary/aromatic N) is 1. The van der Waals surface area contributed by atoms with E-state index >= 15 is 0 Å². The summed E-state index contributed by atoms with van der Waals surface area (Å²) >= 11 is 0. The van der Waals surface area contributed by atoms with Gasteiger partial charge in [-0.3, -0.25) is 19.9 Å². The maximum atomic E-state index is 11.7. The second kappa shape index (κ2) is 5.27. The van der Waals surface area contributed by atoms with Crippen molar-refractivity contribution in [3.63, 3.8) is 0 Å². The third-order valence-electron chi connectivity index (χ3n) is 2.95. The van der Waals surface area contributed by atoms with Crippen LogP contribution in [0.1, 0.15) is 20.8 Å². The van der Waals surface area contributed by atoms with Gasteiger partial charge in [0.15, 0.2) is 0 Å². The Kier molecular flexibility index (Phi) is 4.26. The molecule has 2 unspecified atom stereocenters. The van der Waals surface area contributed by atoms with E-state index in [1.54, 1.807) is 6.92 Å². The van der Waals surface area contributed by atoms with Gasteiger partial charge < -0.3 is 5.32 Å². The molecule has 1 aliphatic heterocycles. The summed E-state index contributed by atoms with van der Waals surface area (Å²) in [5.74, 6) is 5.00. The van der Waals surface area contributed by atoms with E-state index in [4.69, 9.17) is 5.84 Å². The monoisotopic (exact) mass is 228 g/mol.